The number of hydrogen-bond donors (Lipinski definition) is 0. The molecule has 150 valence electrons. The van der Waals surface area contributed by atoms with E-state index in [2.05, 4.69) is 11.1 Å². The molecule has 2 aliphatic rings. The van der Waals surface area contributed by atoms with Crippen LogP contribution in [0.5, 0.6) is 0 Å². The summed E-state index contributed by atoms with van der Waals surface area (Å²) in [5.74, 6) is -0.131. The Morgan fingerprint density at radius 3 is 2.71 bits per heavy atom. The van der Waals surface area contributed by atoms with Crippen LogP contribution < -0.4 is 0 Å². The number of benzene rings is 1. The average Bonchev–Trinajstić information content (AvgIpc) is 3.13. The highest BCUT2D eigenvalue weighted by atomic mass is 35.5. The van der Waals surface area contributed by atoms with E-state index in [1.807, 2.05) is 18.3 Å². The van der Waals surface area contributed by atoms with Crippen molar-refractivity contribution in [2.24, 2.45) is 0 Å². The summed E-state index contributed by atoms with van der Waals surface area (Å²) in [5, 5.41) is 0.696. The van der Waals surface area contributed by atoms with Gasteiger partial charge in [-0.1, -0.05) is 43.0 Å². The topological polar surface area (TPSA) is 22.1 Å². The first kappa shape index (κ1) is 19.8. The molecular formula is C24H29ClFNO. The fourth-order valence-electron chi connectivity index (χ4n) is 5.37. The molecule has 0 bridgehead atoms. The highest BCUT2D eigenvalue weighted by molar-refractivity contribution is 6.30. The molecule has 4 heteroatoms. The van der Waals surface area contributed by atoms with Gasteiger partial charge in [0.1, 0.15) is 5.82 Å². The summed E-state index contributed by atoms with van der Waals surface area (Å²) in [4.78, 5) is 4.18. The number of aromatic nitrogens is 1. The Hall–Kier alpha value is -1.45. The van der Waals surface area contributed by atoms with E-state index >= 15 is 0 Å². The van der Waals surface area contributed by atoms with Gasteiger partial charge in [0.2, 0.25) is 0 Å². The lowest BCUT2D eigenvalue weighted by Crippen LogP contribution is -2.46. The normalized spacial score (nSPS) is 23.9. The molecule has 0 amide bonds. The highest BCUT2D eigenvalue weighted by Crippen LogP contribution is 2.50. The van der Waals surface area contributed by atoms with Crippen LogP contribution in [0.3, 0.4) is 0 Å². The van der Waals surface area contributed by atoms with Crippen LogP contribution in [0.15, 0.2) is 42.7 Å². The van der Waals surface area contributed by atoms with E-state index in [0.29, 0.717) is 5.02 Å². The Labute approximate surface area is 172 Å². The van der Waals surface area contributed by atoms with E-state index in [9.17, 15) is 4.39 Å². The molecule has 2 nitrogen and oxygen atoms in total. The quantitative estimate of drug-likeness (QED) is 0.505. The van der Waals surface area contributed by atoms with Gasteiger partial charge in [-0.25, -0.2) is 4.39 Å². The van der Waals surface area contributed by atoms with Crippen molar-refractivity contribution in [1.82, 2.24) is 4.98 Å². The van der Waals surface area contributed by atoms with Crippen LogP contribution in [0.2, 0.25) is 5.02 Å². The predicted octanol–water partition coefficient (Wildman–Crippen LogP) is 6.65. The van der Waals surface area contributed by atoms with Crippen LogP contribution in [0.1, 0.15) is 68.9 Å². The minimum absolute atomic E-state index is 0.0153. The molecule has 2 aromatic rings. The SMILES string of the molecule is Fc1cccc([C@]2(CCCCc3cncc(Cl)c3)CCOC3(CCCC3)C2)c1. The van der Waals surface area contributed by atoms with Crippen LogP contribution in [0.25, 0.3) is 0 Å². The molecule has 1 aromatic heterocycles. The van der Waals surface area contributed by atoms with Crippen LogP contribution in [-0.4, -0.2) is 17.2 Å². The summed E-state index contributed by atoms with van der Waals surface area (Å²) in [6.07, 6.45) is 14.6. The molecular weight excluding hydrogens is 373 g/mol. The molecule has 1 aromatic carbocycles. The third kappa shape index (κ3) is 4.41. The van der Waals surface area contributed by atoms with E-state index in [1.165, 1.54) is 18.4 Å². The van der Waals surface area contributed by atoms with Gasteiger partial charge in [-0.3, -0.25) is 4.98 Å². The second-order valence-corrected chi connectivity index (χ2v) is 9.11. The van der Waals surface area contributed by atoms with E-state index in [0.717, 1.165) is 63.5 Å². The zero-order valence-electron chi connectivity index (χ0n) is 16.4. The Kier molecular flexibility index (Phi) is 6.03. The zero-order valence-corrected chi connectivity index (χ0v) is 17.2. The van der Waals surface area contributed by atoms with E-state index in [-0.39, 0.29) is 16.8 Å². The van der Waals surface area contributed by atoms with Gasteiger partial charge in [0.05, 0.1) is 10.6 Å². The number of pyridine rings is 1. The molecule has 2 heterocycles. The molecule has 1 spiro atoms. The van der Waals surface area contributed by atoms with Gasteiger partial charge in [-0.05, 0) is 74.3 Å². The summed E-state index contributed by atoms with van der Waals surface area (Å²) in [7, 11) is 0. The van der Waals surface area contributed by atoms with Crippen molar-refractivity contribution in [3.05, 3.63) is 64.7 Å². The number of halogens is 2. The zero-order chi connectivity index (χ0) is 19.5. The van der Waals surface area contributed by atoms with Crippen molar-refractivity contribution in [2.75, 3.05) is 6.61 Å². The molecule has 1 saturated heterocycles. The van der Waals surface area contributed by atoms with E-state index < -0.39 is 0 Å². The molecule has 0 unspecified atom stereocenters. The summed E-state index contributed by atoms with van der Waals surface area (Å²) < 4.78 is 20.4. The first-order valence-electron chi connectivity index (χ1n) is 10.6. The van der Waals surface area contributed by atoms with Gasteiger partial charge < -0.3 is 4.74 Å². The van der Waals surface area contributed by atoms with Crippen LogP contribution >= 0.6 is 11.6 Å². The molecule has 1 saturated carbocycles. The second-order valence-electron chi connectivity index (χ2n) is 8.67. The van der Waals surface area contributed by atoms with Gasteiger partial charge in [0, 0.05) is 24.4 Å². The summed E-state index contributed by atoms with van der Waals surface area (Å²) in [6.45, 7) is 0.786. The molecule has 0 N–H and O–H groups in total. The van der Waals surface area contributed by atoms with Gasteiger partial charge in [-0.2, -0.15) is 0 Å². The van der Waals surface area contributed by atoms with Gasteiger partial charge in [0.25, 0.3) is 0 Å². The molecule has 1 atom stereocenters. The smallest absolute Gasteiger partial charge is 0.123 e. The number of rotatable bonds is 6. The van der Waals surface area contributed by atoms with Gasteiger partial charge in [0.15, 0.2) is 0 Å². The van der Waals surface area contributed by atoms with Crippen molar-refractivity contribution in [2.45, 2.75) is 75.2 Å². The second kappa shape index (κ2) is 8.51. The molecule has 28 heavy (non-hydrogen) atoms. The predicted molar refractivity (Wildman–Crippen MR) is 111 cm³/mol. The van der Waals surface area contributed by atoms with E-state index in [4.69, 9.17) is 16.3 Å². The molecule has 1 aliphatic heterocycles. The van der Waals surface area contributed by atoms with Crippen LogP contribution in [-0.2, 0) is 16.6 Å². The Bertz CT molecular complexity index is 805. The van der Waals surface area contributed by atoms with Crippen LogP contribution in [0.4, 0.5) is 4.39 Å². The Morgan fingerprint density at radius 1 is 1.07 bits per heavy atom. The number of nitrogens with zero attached hydrogens (tertiary/aromatic N) is 1. The number of ether oxygens (including phenoxy) is 1. The molecule has 2 fully saturated rings. The first-order valence-corrected chi connectivity index (χ1v) is 11.0. The maximum Gasteiger partial charge on any atom is 0.123 e. The monoisotopic (exact) mass is 401 g/mol. The van der Waals surface area contributed by atoms with Crippen molar-refractivity contribution < 1.29 is 9.13 Å². The maximum atomic E-state index is 14.1. The minimum atomic E-state index is -0.131. The summed E-state index contributed by atoms with van der Waals surface area (Å²) >= 11 is 6.05. The average molecular weight is 402 g/mol. The van der Waals surface area contributed by atoms with Crippen molar-refractivity contribution in [3.63, 3.8) is 0 Å². The highest BCUT2D eigenvalue weighted by Gasteiger charge is 2.47. The third-order valence-electron chi connectivity index (χ3n) is 6.73. The van der Waals surface area contributed by atoms with Gasteiger partial charge >= 0.3 is 0 Å². The third-order valence-corrected chi connectivity index (χ3v) is 6.94. The Balaban J connectivity index is 1.48. The number of hydrogen-bond acceptors (Lipinski definition) is 2. The molecule has 0 radical (unpaired) electrons. The molecule has 4 rings (SSSR count). The largest absolute Gasteiger partial charge is 0.375 e. The molecule has 1 aliphatic carbocycles. The lowest BCUT2D eigenvalue weighted by molar-refractivity contribution is -0.104. The number of unbranched alkanes of at least 4 members (excludes halogenated alkanes) is 1. The summed E-state index contributed by atoms with van der Waals surface area (Å²) in [6, 6.07) is 9.29. The Morgan fingerprint density at radius 2 is 1.93 bits per heavy atom. The van der Waals surface area contributed by atoms with Gasteiger partial charge in [-0.15, -0.1) is 0 Å². The standard InChI is InChI=1S/C24H29ClFNO/c25-21-14-19(16-27-17-21)6-1-2-9-23(20-7-5-8-22(26)15-20)12-13-28-24(18-23)10-3-4-11-24/h5,7-8,14-17H,1-4,6,9-13,18H2/t23-/m1/s1. The van der Waals surface area contributed by atoms with Crippen molar-refractivity contribution in [3.8, 4) is 0 Å². The number of aryl methyl sites for hydroxylation is 1. The lowest BCUT2D eigenvalue weighted by atomic mass is 9.65. The van der Waals surface area contributed by atoms with E-state index in [1.54, 1.807) is 18.3 Å². The lowest BCUT2D eigenvalue weighted by Gasteiger charge is -2.47. The maximum absolute atomic E-state index is 14.1. The fourth-order valence-corrected chi connectivity index (χ4v) is 5.56. The minimum Gasteiger partial charge on any atom is -0.375 e. The van der Waals surface area contributed by atoms with Crippen molar-refractivity contribution >= 4 is 11.6 Å². The fraction of sp³-hybridized carbons (Fsp3) is 0.542. The van der Waals surface area contributed by atoms with Crippen molar-refractivity contribution in [1.29, 1.82) is 0 Å². The summed E-state index contributed by atoms with van der Waals surface area (Å²) in [5.41, 5.74) is 2.39. The van der Waals surface area contributed by atoms with Crippen LogP contribution in [0, 0.1) is 5.82 Å². The first-order chi connectivity index (χ1) is 13.6.